The van der Waals surface area contributed by atoms with Crippen LogP contribution in [0.2, 0.25) is 20.1 Å². The summed E-state index contributed by atoms with van der Waals surface area (Å²) in [6, 6.07) is 10.8. The Kier molecular flexibility index (Phi) is 5.84. The number of hydrogen-bond acceptors (Lipinski definition) is 6. The zero-order valence-electron chi connectivity index (χ0n) is 15.3. The molecule has 2 heterocycles. The summed E-state index contributed by atoms with van der Waals surface area (Å²) in [6.45, 7) is 0. The van der Waals surface area contributed by atoms with Gasteiger partial charge in [-0.25, -0.2) is 9.97 Å². The molecule has 0 amide bonds. The highest BCUT2D eigenvalue weighted by Gasteiger charge is 2.15. The molecule has 0 bridgehead atoms. The first kappa shape index (κ1) is 20.9. The van der Waals surface area contributed by atoms with Crippen molar-refractivity contribution in [3.8, 4) is 0 Å². The van der Waals surface area contributed by atoms with Crippen LogP contribution >= 0.6 is 46.4 Å². The van der Waals surface area contributed by atoms with Gasteiger partial charge in [0, 0.05) is 12.8 Å². The first-order valence-electron chi connectivity index (χ1n) is 8.76. The van der Waals surface area contributed by atoms with Gasteiger partial charge < -0.3 is 11.5 Å². The molecule has 0 spiro atoms. The van der Waals surface area contributed by atoms with Crippen LogP contribution in [0.1, 0.15) is 22.5 Å². The smallest absolute Gasteiger partial charge is 0.224 e. The van der Waals surface area contributed by atoms with E-state index in [4.69, 9.17) is 62.9 Å². The van der Waals surface area contributed by atoms with Crippen molar-refractivity contribution < 1.29 is 0 Å². The average Bonchev–Trinajstić information content (AvgIpc) is 2.68. The van der Waals surface area contributed by atoms with Gasteiger partial charge in [-0.15, -0.1) is 0 Å². The van der Waals surface area contributed by atoms with Crippen LogP contribution in [0.25, 0.3) is 11.2 Å². The van der Waals surface area contributed by atoms with E-state index in [0.717, 1.165) is 11.1 Å². The molecule has 0 saturated heterocycles. The maximum atomic E-state index is 6.17. The summed E-state index contributed by atoms with van der Waals surface area (Å²) >= 11 is 24.4. The van der Waals surface area contributed by atoms with Crippen LogP contribution in [-0.4, -0.2) is 19.9 Å². The summed E-state index contributed by atoms with van der Waals surface area (Å²) in [7, 11) is 0. The number of fused-ring (bicyclic) bond motifs is 1. The molecule has 0 aliphatic rings. The monoisotopic (exact) mass is 478 g/mol. The predicted octanol–water partition coefficient (Wildman–Crippen LogP) is 5.38. The van der Waals surface area contributed by atoms with E-state index < -0.39 is 0 Å². The molecule has 0 aliphatic carbocycles. The lowest BCUT2D eigenvalue weighted by molar-refractivity contribution is 0.957. The summed E-state index contributed by atoms with van der Waals surface area (Å²) < 4.78 is 0. The molecule has 4 aromatic rings. The van der Waals surface area contributed by atoms with Crippen molar-refractivity contribution in [2.45, 2.75) is 12.8 Å². The molecular formula is C20H14Cl4N6. The third-order valence-electron chi connectivity index (χ3n) is 4.44. The highest BCUT2D eigenvalue weighted by molar-refractivity contribution is 6.42. The first-order chi connectivity index (χ1) is 14.3. The van der Waals surface area contributed by atoms with E-state index in [-0.39, 0.29) is 11.8 Å². The van der Waals surface area contributed by atoms with Crippen LogP contribution in [0, 0.1) is 0 Å². The van der Waals surface area contributed by atoms with Gasteiger partial charge in [0.25, 0.3) is 0 Å². The molecule has 10 heteroatoms. The molecule has 4 N–H and O–H groups in total. The number of aromatic nitrogens is 4. The molecule has 0 atom stereocenters. The second-order valence-corrected chi connectivity index (χ2v) is 8.24. The van der Waals surface area contributed by atoms with E-state index in [2.05, 4.69) is 15.0 Å². The number of anilines is 2. The third-order valence-corrected chi connectivity index (χ3v) is 5.92. The zero-order valence-corrected chi connectivity index (χ0v) is 18.4. The van der Waals surface area contributed by atoms with E-state index in [9.17, 15) is 0 Å². The zero-order chi connectivity index (χ0) is 21.4. The summed E-state index contributed by atoms with van der Waals surface area (Å²) in [4.78, 5) is 17.5. The number of hydrogen-bond donors (Lipinski definition) is 2. The number of nitrogen functional groups attached to an aromatic ring is 2. The second kappa shape index (κ2) is 8.40. The van der Waals surface area contributed by atoms with Crippen molar-refractivity contribution in [3.63, 3.8) is 0 Å². The molecule has 2 aromatic carbocycles. The Bertz CT molecular complexity index is 1280. The molecular weight excluding hydrogens is 466 g/mol. The van der Waals surface area contributed by atoms with Gasteiger partial charge in [0.1, 0.15) is 0 Å². The molecule has 0 saturated carbocycles. The summed E-state index contributed by atoms with van der Waals surface area (Å²) in [5, 5.41) is 1.89. The lowest BCUT2D eigenvalue weighted by atomic mass is 10.0. The van der Waals surface area contributed by atoms with E-state index in [1.807, 2.05) is 12.1 Å². The van der Waals surface area contributed by atoms with Gasteiger partial charge in [-0.1, -0.05) is 58.5 Å². The van der Waals surface area contributed by atoms with Crippen LogP contribution in [0.15, 0.2) is 36.4 Å². The van der Waals surface area contributed by atoms with Crippen LogP contribution in [0.3, 0.4) is 0 Å². The summed E-state index contributed by atoms with van der Waals surface area (Å²) in [6.07, 6.45) is 0.917. The van der Waals surface area contributed by atoms with Crippen molar-refractivity contribution in [3.05, 3.63) is 79.0 Å². The average molecular weight is 480 g/mol. The molecule has 30 heavy (non-hydrogen) atoms. The minimum atomic E-state index is 0.0343. The van der Waals surface area contributed by atoms with Gasteiger partial charge in [0.15, 0.2) is 17.0 Å². The molecule has 2 aromatic heterocycles. The predicted molar refractivity (Wildman–Crippen MR) is 122 cm³/mol. The lowest BCUT2D eigenvalue weighted by Crippen LogP contribution is -2.09. The Hall–Kier alpha value is -2.38. The van der Waals surface area contributed by atoms with Gasteiger partial charge in [0.2, 0.25) is 5.95 Å². The maximum Gasteiger partial charge on any atom is 0.224 e. The highest BCUT2D eigenvalue weighted by Crippen LogP contribution is 2.27. The van der Waals surface area contributed by atoms with Gasteiger partial charge >= 0.3 is 0 Å². The fraction of sp³-hybridized carbons (Fsp3) is 0.100. The molecule has 6 nitrogen and oxygen atoms in total. The topological polar surface area (TPSA) is 104 Å². The van der Waals surface area contributed by atoms with Gasteiger partial charge in [-0.05, 0) is 35.4 Å². The minimum Gasteiger partial charge on any atom is -0.382 e. The van der Waals surface area contributed by atoms with Crippen molar-refractivity contribution in [1.82, 2.24) is 19.9 Å². The van der Waals surface area contributed by atoms with E-state index in [0.29, 0.717) is 55.5 Å². The quantitative estimate of drug-likeness (QED) is 0.407. The Morgan fingerprint density at radius 1 is 0.633 bits per heavy atom. The molecule has 152 valence electrons. The Labute approximate surface area is 192 Å². The SMILES string of the molecule is Nc1nc(N)c2nc(Cc3ccc(Cl)c(Cl)c3)c(Cc3ccc(Cl)c(Cl)c3)nc2n1. The van der Waals surface area contributed by atoms with Crippen LogP contribution in [0.5, 0.6) is 0 Å². The summed E-state index contributed by atoms with van der Waals surface area (Å²) in [5.74, 6) is 0.202. The fourth-order valence-electron chi connectivity index (χ4n) is 3.02. The van der Waals surface area contributed by atoms with Crippen molar-refractivity contribution in [1.29, 1.82) is 0 Å². The maximum absolute atomic E-state index is 6.17. The number of rotatable bonds is 4. The standard InChI is InChI=1S/C20H14Cl4N6/c21-11-3-1-9(5-13(11)23)7-15-16(8-10-2-4-12(22)14(24)6-10)28-19-17(27-15)18(25)29-20(26)30-19/h1-6H,7-8H2,(H4,25,26,28,29,30). The van der Waals surface area contributed by atoms with Gasteiger partial charge in [-0.2, -0.15) is 9.97 Å². The molecule has 0 unspecified atom stereocenters. The van der Waals surface area contributed by atoms with Gasteiger partial charge in [0.05, 0.1) is 31.5 Å². The van der Waals surface area contributed by atoms with E-state index in [1.165, 1.54) is 0 Å². The van der Waals surface area contributed by atoms with Crippen molar-refractivity contribution in [2.24, 2.45) is 0 Å². The van der Waals surface area contributed by atoms with Gasteiger partial charge in [-0.3, -0.25) is 0 Å². The number of benzene rings is 2. The lowest BCUT2D eigenvalue weighted by Gasteiger charge is -2.12. The molecule has 0 fully saturated rings. The Balaban J connectivity index is 1.83. The van der Waals surface area contributed by atoms with Crippen LogP contribution in [-0.2, 0) is 12.8 Å². The Morgan fingerprint density at radius 2 is 1.17 bits per heavy atom. The minimum absolute atomic E-state index is 0.0343. The summed E-state index contributed by atoms with van der Waals surface area (Å²) in [5.41, 5.74) is 15.7. The van der Waals surface area contributed by atoms with E-state index >= 15 is 0 Å². The van der Waals surface area contributed by atoms with Crippen LogP contribution < -0.4 is 11.5 Å². The number of halogens is 4. The van der Waals surface area contributed by atoms with Crippen molar-refractivity contribution >= 4 is 69.3 Å². The van der Waals surface area contributed by atoms with Crippen molar-refractivity contribution in [2.75, 3.05) is 11.5 Å². The first-order valence-corrected chi connectivity index (χ1v) is 10.3. The molecule has 0 radical (unpaired) electrons. The second-order valence-electron chi connectivity index (χ2n) is 6.61. The third kappa shape index (κ3) is 4.37. The fourth-order valence-corrected chi connectivity index (χ4v) is 3.66. The van der Waals surface area contributed by atoms with Crippen LogP contribution in [0.4, 0.5) is 11.8 Å². The molecule has 0 aliphatic heterocycles. The normalized spacial score (nSPS) is 11.2. The number of nitrogens with zero attached hydrogens (tertiary/aromatic N) is 4. The highest BCUT2D eigenvalue weighted by atomic mass is 35.5. The molecule has 4 rings (SSSR count). The number of nitrogens with two attached hydrogens (primary N) is 2. The largest absolute Gasteiger partial charge is 0.382 e. The Morgan fingerprint density at radius 3 is 1.70 bits per heavy atom. The van der Waals surface area contributed by atoms with E-state index in [1.54, 1.807) is 24.3 Å².